The highest BCUT2D eigenvalue weighted by molar-refractivity contribution is 5.63. The SMILES string of the molecule is CCCCCCCN(CCCCCCC)CCOCc1ccc(-c2ccc(COCCN(CCCCCCC)CCCCCCC)cc2)cc1. The standard InChI is InChI=1S/C46H80N2O2/c1-5-9-13-17-21-33-47(34-22-18-14-10-6-2)37-39-49-41-43-25-29-45(30-26-43)46-31-27-44(28-32-46)42-50-40-38-48(35-23-19-15-11-7-3)36-24-20-16-12-8-4/h25-32H,5-24,33-42H2,1-4H3. The Hall–Kier alpha value is -1.72. The van der Waals surface area contributed by atoms with Crippen LogP contribution < -0.4 is 0 Å². The molecule has 2 aromatic rings. The van der Waals surface area contributed by atoms with E-state index in [1.165, 1.54) is 177 Å². The van der Waals surface area contributed by atoms with Crippen LogP contribution in [0.1, 0.15) is 167 Å². The lowest BCUT2D eigenvalue weighted by molar-refractivity contribution is 0.0911. The second kappa shape index (κ2) is 32.0. The third kappa shape index (κ3) is 23.0. The molecule has 0 unspecified atom stereocenters. The van der Waals surface area contributed by atoms with Crippen molar-refractivity contribution in [2.24, 2.45) is 0 Å². The second-order valence-corrected chi connectivity index (χ2v) is 14.8. The third-order valence-corrected chi connectivity index (χ3v) is 10.2. The average molecular weight is 693 g/mol. The lowest BCUT2D eigenvalue weighted by atomic mass is 10.0. The fourth-order valence-electron chi connectivity index (χ4n) is 6.78. The highest BCUT2D eigenvalue weighted by atomic mass is 16.5. The highest BCUT2D eigenvalue weighted by Gasteiger charge is 2.08. The molecule has 0 N–H and O–H groups in total. The van der Waals surface area contributed by atoms with Crippen molar-refractivity contribution >= 4 is 0 Å². The van der Waals surface area contributed by atoms with Crippen molar-refractivity contribution in [3.63, 3.8) is 0 Å². The zero-order chi connectivity index (χ0) is 35.7. The number of nitrogens with zero attached hydrogens (tertiary/aromatic N) is 2. The number of unbranched alkanes of at least 4 members (excludes halogenated alkanes) is 16. The molecule has 0 bridgehead atoms. The van der Waals surface area contributed by atoms with Crippen molar-refractivity contribution in [1.29, 1.82) is 0 Å². The van der Waals surface area contributed by atoms with Gasteiger partial charge < -0.3 is 19.3 Å². The van der Waals surface area contributed by atoms with Crippen LogP contribution in [0.2, 0.25) is 0 Å². The molecule has 0 saturated heterocycles. The fourth-order valence-corrected chi connectivity index (χ4v) is 6.78. The summed E-state index contributed by atoms with van der Waals surface area (Å²) in [6.07, 6.45) is 27.0. The Morgan fingerprint density at radius 3 is 0.900 bits per heavy atom. The van der Waals surface area contributed by atoms with E-state index >= 15 is 0 Å². The second-order valence-electron chi connectivity index (χ2n) is 14.8. The average Bonchev–Trinajstić information content (AvgIpc) is 3.14. The van der Waals surface area contributed by atoms with Crippen LogP contribution in [0.4, 0.5) is 0 Å². The molecule has 0 aromatic heterocycles. The molecule has 0 saturated carbocycles. The van der Waals surface area contributed by atoms with Gasteiger partial charge in [0.25, 0.3) is 0 Å². The van der Waals surface area contributed by atoms with Crippen LogP contribution in [0.15, 0.2) is 48.5 Å². The van der Waals surface area contributed by atoms with Gasteiger partial charge in [0.05, 0.1) is 26.4 Å². The Balaban J connectivity index is 1.71. The molecular weight excluding hydrogens is 613 g/mol. The maximum Gasteiger partial charge on any atom is 0.0717 e. The quantitative estimate of drug-likeness (QED) is 0.0671. The van der Waals surface area contributed by atoms with E-state index in [-0.39, 0.29) is 0 Å². The minimum absolute atomic E-state index is 0.687. The zero-order valence-electron chi connectivity index (χ0n) is 33.5. The fraction of sp³-hybridized carbons (Fsp3) is 0.739. The number of ether oxygens (including phenoxy) is 2. The van der Waals surface area contributed by atoms with E-state index in [1.807, 2.05) is 0 Å². The summed E-state index contributed by atoms with van der Waals surface area (Å²) in [7, 11) is 0. The van der Waals surface area contributed by atoms with Crippen LogP contribution in [-0.4, -0.2) is 62.3 Å². The van der Waals surface area contributed by atoms with Crippen molar-refractivity contribution in [3.05, 3.63) is 59.7 Å². The number of rotatable bonds is 35. The van der Waals surface area contributed by atoms with Crippen molar-refractivity contribution in [2.75, 3.05) is 52.5 Å². The molecular formula is C46H80N2O2. The summed E-state index contributed by atoms with van der Waals surface area (Å²) in [5, 5.41) is 0. The normalized spacial score (nSPS) is 11.7. The van der Waals surface area contributed by atoms with E-state index in [1.54, 1.807) is 0 Å². The van der Waals surface area contributed by atoms with E-state index in [0.717, 1.165) is 26.3 Å². The molecule has 0 aliphatic carbocycles. The summed E-state index contributed by atoms with van der Waals surface area (Å²) < 4.78 is 12.3. The van der Waals surface area contributed by atoms with Crippen LogP contribution in [0, 0.1) is 0 Å². The number of hydrogen-bond donors (Lipinski definition) is 0. The van der Waals surface area contributed by atoms with Gasteiger partial charge >= 0.3 is 0 Å². The largest absolute Gasteiger partial charge is 0.375 e. The van der Waals surface area contributed by atoms with Crippen molar-refractivity contribution < 1.29 is 9.47 Å². The maximum atomic E-state index is 6.17. The summed E-state index contributed by atoms with van der Waals surface area (Å²) in [6, 6.07) is 17.9. The molecule has 0 radical (unpaired) electrons. The highest BCUT2D eigenvalue weighted by Crippen LogP contribution is 2.21. The van der Waals surface area contributed by atoms with Crippen LogP contribution in [0.25, 0.3) is 11.1 Å². The molecule has 4 heteroatoms. The first-order valence-corrected chi connectivity index (χ1v) is 21.5. The first-order chi connectivity index (χ1) is 24.7. The Labute approximate surface area is 311 Å². The van der Waals surface area contributed by atoms with Crippen molar-refractivity contribution in [1.82, 2.24) is 9.80 Å². The number of benzene rings is 2. The Morgan fingerprint density at radius 2 is 0.620 bits per heavy atom. The first kappa shape index (κ1) is 44.4. The molecule has 0 fully saturated rings. The molecule has 0 amide bonds. The smallest absolute Gasteiger partial charge is 0.0717 e. The van der Waals surface area contributed by atoms with Gasteiger partial charge in [-0.25, -0.2) is 0 Å². The van der Waals surface area contributed by atoms with Gasteiger partial charge in [0.1, 0.15) is 0 Å². The molecule has 0 heterocycles. The predicted octanol–water partition coefficient (Wildman–Crippen LogP) is 12.9. The monoisotopic (exact) mass is 693 g/mol. The molecule has 286 valence electrons. The lowest BCUT2D eigenvalue weighted by Gasteiger charge is -2.22. The van der Waals surface area contributed by atoms with E-state index < -0.39 is 0 Å². The summed E-state index contributed by atoms with van der Waals surface area (Å²) in [6.45, 7) is 19.2. The molecule has 2 rings (SSSR count). The van der Waals surface area contributed by atoms with Crippen LogP contribution in [0.5, 0.6) is 0 Å². The van der Waals surface area contributed by atoms with Gasteiger partial charge in [-0.1, -0.05) is 179 Å². The van der Waals surface area contributed by atoms with Crippen LogP contribution >= 0.6 is 0 Å². The molecule has 0 aliphatic heterocycles. The van der Waals surface area contributed by atoms with Crippen LogP contribution in [0.3, 0.4) is 0 Å². The summed E-state index contributed by atoms with van der Waals surface area (Å²) in [4.78, 5) is 5.30. The summed E-state index contributed by atoms with van der Waals surface area (Å²) in [5.74, 6) is 0. The Bertz CT molecular complexity index is 883. The van der Waals surface area contributed by atoms with Crippen LogP contribution in [-0.2, 0) is 22.7 Å². The third-order valence-electron chi connectivity index (χ3n) is 10.2. The van der Waals surface area contributed by atoms with Gasteiger partial charge in [-0.2, -0.15) is 0 Å². The Morgan fingerprint density at radius 1 is 0.340 bits per heavy atom. The molecule has 0 atom stereocenters. The van der Waals surface area contributed by atoms with Gasteiger partial charge in [0, 0.05) is 13.1 Å². The van der Waals surface area contributed by atoms with Gasteiger partial charge in [0.15, 0.2) is 0 Å². The zero-order valence-corrected chi connectivity index (χ0v) is 33.5. The molecule has 4 nitrogen and oxygen atoms in total. The van der Waals surface area contributed by atoms with E-state index in [4.69, 9.17) is 9.47 Å². The molecule has 2 aromatic carbocycles. The van der Waals surface area contributed by atoms with Gasteiger partial charge in [-0.05, 0) is 74.1 Å². The summed E-state index contributed by atoms with van der Waals surface area (Å²) in [5.41, 5.74) is 5.01. The van der Waals surface area contributed by atoms with Crippen molar-refractivity contribution in [2.45, 2.75) is 169 Å². The lowest BCUT2D eigenvalue weighted by Crippen LogP contribution is -2.30. The maximum absolute atomic E-state index is 6.17. The number of hydrogen-bond acceptors (Lipinski definition) is 4. The molecule has 0 spiro atoms. The molecule has 0 aliphatic rings. The predicted molar refractivity (Wildman–Crippen MR) is 219 cm³/mol. The van der Waals surface area contributed by atoms with Gasteiger partial charge in [0.2, 0.25) is 0 Å². The van der Waals surface area contributed by atoms with Crippen molar-refractivity contribution in [3.8, 4) is 11.1 Å². The van der Waals surface area contributed by atoms with E-state index in [2.05, 4.69) is 86.0 Å². The molecule has 50 heavy (non-hydrogen) atoms. The minimum Gasteiger partial charge on any atom is -0.375 e. The minimum atomic E-state index is 0.687. The first-order valence-electron chi connectivity index (χ1n) is 21.5. The van der Waals surface area contributed by atoms with E-state index in [0.29, 0.717) is 13.2 Å². The van der Waals surface area contributed by atoms with Gasteiger partial charge in [-0.3, -0.25) is 0 Å². The Kier molecular flexibility index (Phi) is 28.4. The summed E-state index contributed by atoms with van der Waals surface area (Å²) >= 11 is 0. The topological polar surface area (TPSA) is 24.9 Å². The van der Waals surface area contributed by atoms with E-state index in [9.17, 15) is 0 Å². The van der Waals surface area contributed by atoms with Gasteiger partial charge in [-0.15, -0.1) is 0 Å².